The molecule has 0 fully saturated rings. The van der Waals surface area contributed by atoms with E-state index in [2.05, 4.69) is 93.7 Å². The molecule has 0 amide bonds. The van der Waals surface area contributed by atoms with Gasteiger partial charge in [-0.3, -0.25) is 14.4 Å². The van der Waals surface area contributed by atoms with Crippen LogP contribution < -0.4 is 0 Å². The lowest BCUT2D eigenvalue weighted by Gasteiger charge is -2.18. The second-order valence-electron chi connectivity index (χ2n) is 18.2. The van der Waals surface area contributed by atoms with Crippen LogP contribution in [0.3, 0.4) is 0 Å². The molecule has 0 aromatic heterocycles. The van der Waals surface area contributed by atoms with Crippen molar-refractivity contribution in [3.05, 3.63) is 72.9 Å². The Morgan fingerprint density at radius 1 is 0.323 bits per heavy atom. The van der Waals surface area contributed by atoms with E-state index >= 15 is 0 Å². The highest BCUT2D eigenvalue weighted by atomic mass is 16.6. The highest BCUT2D eigenvalue weighted by Crippen LogP contribution is 2.13. The second kappa shape index (κ2) is 53.5. The summed E-state index contributed by atoms with van der Waals surface area (Å²) in [6.45, 7) is 6.55. The Labute approximate surface area is 402 Å². The maximum atomic E-state index is 12.8. The molecule has 0 aliphatic carbocycles. The summed E-state index contributed by atoms with van der Waals surface area (Å²) in [5.41, 5.74) is 0. The van der Waals surface area contributed by atoms with Crippen LogP contribution in [0.1, 0.15) is 265 Å². The summed E-state index contributed by atoms with van der Waals surface area (Å²) in [5.74, 6) is -1.00. The standard InChI is InChI=1S/C59H102O6/c1-4-7-10-13-16-19-22-25-28-30-32-34-37-40-43-46-49-52-58(61)64-55-56(54-63-57(60)51-48-45-42-39-36-33-27-24-21-18-15-12-9-6-3)65-59(62)53-50-47-44-41-38-35-31-29-26-23-20-17-14-11-8-5-2/h25,28-29,31-36,38,40,43,56H,4-24,26-27,30,37,39,41-42,44-55H2,1-3H3/b28-25-,31-29-,34-32-,36-33-,38-35-,43-40-. The van der Waals surface area contributed by atoms with Gasteiger partial charge in [0.25, 0.3) is 0 Å². The number of hydrogen-bond acceptors (Lipinski definition) is 6. The summed E-state index contributed by atoms with van der Waals surface area (Å²) < 4.78 is 16.7. The lowest BCUT2D eigenvalue weighted by Crippen LogP contribution is -2.30. The Morgan fingerprint density at radius 3 is 1.03 bits per heavy atom. The first-order valence-corrected chi connectivity index (χ1v) is 27.5. The highest BCUT2D eigenvalue weighted by Gasteiger charge is 2.19. The van der Waals surface area contributed by atoms with Crippen LogP contribution in [-0.2, 0) is 28.6 Å². The maximum Gasteiger partial charge on any atom is 0.306 e. The molecule has 6 nitrogen and oxygen atoms in total. The second-order valence-corrected chi connectivity index (χ2v) is 18.2. The third kappa shape index (κ3) is 51.7. The van der Waals surface area contributed by atoms with Gasteiger partial charge >= 0.3 is 17.9 Å². The van der Waals surface area contributed by atoms with E-state index in [-0.39, 0.29) is 44.0 Å². The number of ether oxygens (including phenoxy) is 3. The van der Waals surface area contributed by atoms with Crippen molar-refractivity contribution in [2.45, 2.75) is 271 Å². The minimum atomic E-state index is -0.815. The lowest BCUT2D eigenvalue weighted by molar-refractivity contribution is -0.167. The van der Waals surface area contributed by atoms with Crippen molar-refractivity contribution in [2.24, 2.45) is 0 Å². The lowest BCUT2D eigenvalue weighted by atomic mass is 10.1. The molecule has 0 aromatic rings. The Morgan fingerprint density at radius 2 is 0.615 bits per heavy atom. The van der Waals surface area contributed by atoms with Gasteiger partial charge in [-0.2, -0.15) is 0 Å². The molecule has 6 heteroatoms. The van der Waals surface area contributed by atoms with Crippen molar-refractivity contribution in [3.8, 4) is 0 Å². The number of hydrogen-bond donors (Lipinski definition) is 0. The molecule has 374 valence electrons. The zero-order valence-electron chi connectivity index (χ0n) is 42.7. The van der Waals surface area contributed by atoms with Gasteiger partial charge in [-0.05, 0) is 103 Å². The summed E-state index contributed by atoms with van der Waals surface area (Å²) in [6, 6.07) is 0. The molecule has 0 aliphatic rings. The third-order valence-electron chi connectivity index (χ3n) is 11.7. The molecule has 0 saturated heterocycles. The van der Waals surface area contributed by atoms with Gasteiger partial charge in [0.1, 0.15) is 13.2 Å². The zero-order chi connectivity index (χ0) is 47.2. The molecule has 0 bridgehead atoms. The Bertz CT molecular complexity index is 1230. The molecule has 0 saturated carbocycles. The van der Waals surface area contributed by atoms with E-state index in [4.69, 9.17) is 14.2 Å². The molecule has 0 heterocycles. The molecule has 0 N–H and O–H groups in total. The van der Waals surface area contributed by atoms with Crippen molar-refractivity contribution >= 4 is 17.9 Å². The Kier molecular flexibility index (Phi) is 50.9. The van der Waals surface area contributed by atoms with Gasteiger partial charge in [-0.1, -0.05) is 216 Å². The molecule has 0 spiro atoms. The van der Waals surface area contributed by atoms with Gasteiger partial charge in [0.05, 0.1) is 0 Å². The van der Waals surface area contributed by atoms with Crippen LogP contribution in [0.15, 0.2) is 72.9 Å². The van der Waals surface area contributed by atoms with E-state index in [9.17, 15) is 14.4 Å². The van der Waals surface area contributed by atoms with Crippen LogP contribution in [0.5, 0.6) is 0 Å². The van der Waals surface area contributed by atoms with Crippen LogP contribution in [0.25, 0.3) is 0 Å². The first kappa shape index (κ1) is 61.9. The molecule has 1 unspecified atom stereocenters. The fraction of sp³-hybridized carbons (Fsp3) is 0.746. The summed E-state index contributed by atoms with van der Waals surface area (Å²) >= 11 is 0. The van der Waals surface area contributed by atoms with E-state index < -0.39 is 6.10 Å². The first-order chi connectivity index (χ1) is 32.0. The van der Waals surface area contributed by atoms with Crippen LogP contribution in [-0.4, -0.2) is 37.2 Å². The molecule has 65 heavy (non-hydrogen) atoms. The van der Waals surface area contributed by atoms with Crippen LogP contribution in [0.4, 0.5) is 0 Å². The summed E-state index contributed by atoms with van der Waals surface area (Å²) in [6.07, 6.45) is 67.5. The fourth-order valence-corrected chi connectivity index (χ4v) is 7.50. The highest BCUT2D eigenvalue weighted by molar-refractivity contribution is 5.71. The zero-order valence-corrected chi connectivity index (χ0v) is 42.7. The normalized spacial score (nSPS) is 12.6. The van der Waals surface area contributed by atoms with E-state index in [1.54, 1.807) is 0 Å². The van der Waals surface area contributed by atoms with Crippen LogP contribution in [0, 0.1) is 0 Å². The first-order valence-electron chi connectivity index (χ1n) is 27.5. The van der Waals surface area contributed by atoms with E-state index in [1.807, 2.05) is 0 Å². The van der Waals surface area contributed by atoms with Crippen molar-refractivity contribution in [1.82, 2.24) is 0 Å². The van der Waals surface area contributed by atoms with Gasteiger partial charge in [0.2, 0.25) is 0 Å². The molecule has 0 rings (SSSR count). The van der Waals surface area contributed by atoms with Crippen molar-refractivity contribution in [3.63, 3.8) is 0 Å². The average molecular weight is 907 g/mol. The number of esters is 3. The van der Waals surface area contributed by atoms with Gasteiger partial charge in [-0.25, -0.2) is 0 Å². The van der Waals surface area contributed by atoms with E-state index in [1.165, 1.54) is 135 Å². The predicted molar refractivity (Wildman–Crippen MR) is 279 cm³/mol. The Balaban J connectivity index is 4.52. The van der Waals surface area contributed by atoms with Crippen LogP contribution >= 0.6 is 0 Å². The average Bonchev–Trinajstić information content (AvgIpc) is 3.30. The van der Waals surface area contributed by atoms with Crippen molar-refractivity contribution < 1.29 is 28.6 Å². The number of allylic oxidation sites excluding steroid dienone is 12. The fourth-order valence-electron chi connectivity index (χ4n) is 7.50. The predicted octanol–water partition coefficient (Wildman–Crippen LogP) is 18.2. The number of rotatable bonds is 49. The van der Waals surface area contributed by atoms with Crippen molar-refractivity contribution in [1.29, 1.82) is 0 Å². The number of carbonyl (C=O) groups excluding carboxylic acids is 3. The maximum absolute atomic E-state index is 12.8. The molecule has 0 radical (unpaired) electrons. The quantitative estimate of drug-likeness (QED) is 0.0199. The van der Waals surface area contributed by atoms with Gasteiger partial charge in [-0.15, -0.1) is 0 Å². The molecule has 0 aliphatic heterocycles. The molecule has 1 atom stereocenters. The molecule has 0 aromatic carbocycles. The molecular weight excluding hydrogens is 805 g/mol. The number of unbranched alkanes of at least 4 members (excludes halogenated alkanes) is 27. The summed E-state index contributed by atoms with van der Waals surface area (Å²) in [5, 5.41) is 0. The minimum absolute atomic E-state index is 0.109. The van der Waals surface area contributed by atoms with E-state index in [0.717, 1.165) is 83.5 Å². The topological polar surface area (TPSA) is 78.9 Å². The minimum Gasteiger partial charge on any atom is -0.462 e. The number of carbonyl (C=O) groups is 3. The van der Waals surface area contributed by atoms with Gasteiger partial charge in [0.15, 0.2) is 6.10 Å². The van der Waals surface area contributed by atoms with E-state index in [0.29, 0.717) is 12.8 Å². The summed E-state index contributed by atoms with van der Waals surface area (Å²) in [7, 11) is 0. The smallest absolute Gasteiger partial charge is 0.306 e. The van der Waals surface area contributed by atoms with Gasteiger partial charge in [0, 0.05) is 19.3 Å². The Hall–Kier alpha value is -3.15. The SMILES string of the molecule is CCCCCCCC/C=C\C/C=C\C/C=C\CCCC(=O)OCC(COC(=O)CCCCC/C=C\CCCCCCCCC)OC(=O)CCCCC/C=C\C=C/CCCCCCCCC. The largest absolute Gasteiger partial charge is 0.462 e. The summed E-state index contributed by atoms with van der Waals surface area (Å²) in [4.78, 5) is 38.0. The van der Waals surface area contributed by atoms with Crippen LogP contribution in [0.2, 0.25) is 0 Å². The van der Waals surface area contributed by atoms with Crippen molar-refractivity contribution in [2.75, 3.05) is 13.2 Å². The van der Waals surface area contributed by atoms with Gasteiger partial charge < -0.3 is 14.2 Å². The molecular formula is C59H102O6. The monoisotopic (exact) mass is 907 g/mol. The third-order valence-corrected chi connectivity index (χ3v) is 11.7.